The third-order valence-electron chi connectivity index (χ3n) is 5.62. The molecule has 3 rings (SSSR count). The summed E-state index contributed by atoms with van der Waals surface area (Å²) >= 11 is 12.1. The van der Waals surface area contributed by atoms with E-state index in [4.69, 9.17) is 33.0 Å². The largest absolute Gasteiger partial charge is 0.481 e. The number of aryl methyl sites for hydroxylation is 1. The van der Waals surface area contributed by atoms with E-state index in [2.05, 4.69) is 4.98 Å². The smallest absolute Gasteiger partial charge is 0.303 e. The molecule has 0 spiro atoms. The van der Waals surface area contributed by atoms with Crippen molar-refractivity contribution in [3.63, 3.8) is 0 Å². The highest BCUT2D eigenvalue weighted by molar-refractivity contribution is 6.30. The van der Waals surface area contributed by atoms with Crippen LogP contribution in [0.15, 0.2) is 36.5 Å². The van der Waals surface area contributed by atoms with E-state index >= 15 is 0 Å². The summed E-state index contributed by atoms with van der Waals surface area (Å²) in [6, 6.07) is 9.31. The van der Waals surface area contributed by atoms with Crippen molar-refractivity contribution in [1.29, 1.82) is 0 Å². The second-order valence-corrected chi connectivity index (χ2v) is 9.20. The van der Waals surface area contributed by atoms with E-state index < -0.39 is 5.97 Å². The van der Waals surface area contributed by atoms with Gasteiger partial charge in [0.1, 0.15) is 5.15 Å². The second kappa shape index (κ2) is 11.6. The lowest BCUT2D eigenvalue weighted by Gasteiger charge is -2.11. The van der Waals surface area contributed by atoms with Crippen LogP contribution < -0.4 is 0 Å². The molecule has 2 aromatic heterocycles. The van der Waals surface area contributed by atoms with Gasteiger partial charge in [0.05, 0.1) is 18.3 Å². The molecule has 1 atom stereocenters. The molecule has 0 fully saturated rings. The highest BCUT2D eigenvalue weighted by atomic mass is 35.5. The van der Waals surface area contributed by atoms with Crippen molar-refractivity contribution in [3.05, 3.63) is 63.5 Å². The van der Waals surface area contributed by atoms with Gasteiger partial charge < -0.3 is 14.4 Å². The van der Waals surface area contributed by atoms with Crippen molar-refractivity contribution in [2.24, 2.45) is 13.0 Å². The zero-order valence-electron chi connectivity index (χ0n) is 18.8. The van der Waals surface area contributed by atoms with Gasteiger partial charge in [-0.2, -0.15) is 0 Å². The monoisotopic (exact) mass is 490 g/mol. The van der Waals surface area contributed by atoms with Crippen molar-refractivity contribution in [1.82, 2.24) is 9.55 Å². The Labute approximate surface area is 203 Å². The number of carboxylic acids is 1. The van der Waals surface area contributed by atoms with E-state index in [1.54, 1.807) is 19.2 Å². The Kier molecular flexibility index (Phi) is 8.89. The molecule has 8 heteroatoms. The van der Waals surface area contributed by atoms with Gasteiger partial charge in [0.2, 0.25) is 0 Å². The van der Waals surface area contributed by atoms with Crippen molar-refractivity contribution in [3.8, 4) is 0 Å². The molecule has 0 bridgehead atoms. The third-order valence-corrected chi connectivity index (χ3v) is 6.06. The molecule has 0 unspecified atom stereocenters. The highest BCUT2D eigenvalue weighted by Crippen LogP contribution is 2.30. The fraction of sp³-hybridized carbons (Fsp3) is 0.400. The maximum atomic E-state index is 13.2. The van der Waals surface area contributed by atoms with E-state index in [1.165, 1.54) is 0 Å². The van der Waals surface area contributed by atoms with Crippen LogP contribution in [0, 0.1) is 5.92 Å². The van der Waals surface area contributed by atoms with Crippen LogP contribution >= 0.6 is 23.2 Å². The summed E-state index contributed by atoms with van der Waals surface area (Å²) in [4.78, 5) is 28.4. The first-order chi connectivity index (χ1) is 15.8. The summed E-state index contributed by atoms with van der Waals surface area (Å²) < 4.78 is 7.76. The van der Waals surface area contributed by atoms with E-state index in [0.29, 0.717) is 35.4 Å². The number of ketones is 1. The summed E-state index contributed by atoms with van der Waals surface area (Å²) in [5.41, 5.74) is 3.40. The van der Waals surface area contributed by atoms with Crippen LogP contribution in [0.4, 0.5) is 0 Å². The fourth-order valence-electron chi connectivity index (χ4n) is 4.06. The number of hydrogen-bond acceptors (Lipinski definition) is 4. The molecule has 33 heavy (non-hydrogen) atoms. The zero-order chi connectivity index (χ0) is 24.0. The molecule has 1 N–H and O–H groups in total. The van der Waals surface area contributed by atoms with Crippen LogP contribution in [0.1, 0.15) is 54.2 Å². The Bertz CT molecular complexity index is 1140. The first-order valence-corrected chi connectivity index (χ1v) is 11.7. The number of rotatable bonds is 12. The number of carbonyl (C=O) groups is 2. The van der Waals surface area contributed by atoms with Gasteiger partial charge in [-0.1, -0.05) is 42.3 Å². The van der Waals surface area contributed by atoms with E-state index in [1.807, 2.05) is 35.9 Å². The molecule has 0 aliphatic carbocycles. The van der Waals surface area contributed by atoms with Gasteiger partial charge in [-0.15, -0.1) is 0 Å². The molecule has 3 aromatic rings. The Morgan fingerprint density at radius 3 is 2.70 bits per heavy atom. The predicted octanol–water partition coefficient (Wildman–Crippen LogP) is 6.10. The van der Waals surface area contributed by atoms with Crippen LogP contribution in [-0.4, -0.2) is 33.0 Å². The number of pyridine rings is 1. The second-order valence-electron chi connectivity index (χ2n) is 8.37. The van der Waals surface area contributed by atoms with Crippen LogP contribution in [-0.2, 0) is 29.6 Å². The van der Waals surface area contributed by atoms with Crippen LogP contribution in [0.25, 0.3) is 10.9 Å². The number of aromatic nitrogens is 2. The number of carboxylic acid groups (broad SMARTS) is 1. The Balaban J connectivity index is 1.68. The van der Waals surface area contributed by atoms with E-state index in [9.17, 15) is 9.59 Å². The third kappa shape index (κ3) is 6.79. The number of aliphatic carboxylic acids is 1. The Morgan fingerprint density at radius 1 is 1.18 bits per heavy atom. The van der Waals surface area contributed by atoms with Gasteiger partial charge in [0, 0.05) is 48.2 Å². The molecular weight excluding hydrogens is 463 g/mol. The number of halogens is 2. The van der Waals surface area contributed by atoms with Gasteiger partial charge in [-0.05, 0) is 48.9 Å². The summed E-state index contributed by atoms with van der Waals surface area (Å²) in [5, 5.41) is 10.8. The molecule has 0 aliphatic rings. The van der Waals surface area contributed by atoms with Gasteiger partial charge in [0.15, 0.2) is 5.78 Å². The minimum absolute atomic E-state index is 0.0435. The minimum atomic E-state index is -0.904. The number of ether oxygens (including phenoxy) is 1. The molecule has 176 valence electrons. The summed E-state index contributed by atoms with van der Waals surface area (Å²) in [6.45, 7) is 2.88. The van der Waals surface area contributed by atoms with Gasteiger partial charge in [0.25, 0.3) is 0 Å². The summed E-state index contributed by atoms with van der Waals surface area (Å²) in [6.07, 6.45) is 4.17. The molecule has 0 saturated heterocycles. The minimum Gasteiger partial charge on any atom is -0.481 e. The van der Waals surface area contributed by atoms with E-state index in [-0.39, 0.29) is 24.5 Å². The summed E-state index contributed by atoms with van der Waals surface area (Å²) in [7, 11) is 1.92. The number of hydrogen-bond donors (Lipinski definition) is 1. The molecule has 2 heterocycles. The Hall–Kier alpha value is -2.41. The van der Waals surface area contributed by atoms with Crippen molar-refractivity contribution < 1.29 is 19.4 Å². The Morgan fingerprint density at radius 2 is 1.97 bits per heavy atom. The molecule has 0 saturated carbocycles. The van der Waals surface area contributed by atoms with Crippen molar-refractivity contribution in [2.45, 2.75) is 45.6 Å². The SMILES string of the molecule is C[C@H](CC(=O)O)CC(=O)c1c(CCCCOCc2cccc(Cl)c2)n(C)c2cnc(Cl)cc12. The average molecular weight is 491 g/mol. The summed E-state index contributed by atoms with van der Waals surface area (Å²) in [5.74, 6) is -1.22. The normalized spacial score (nSPS) is 12.2. The van der Waals surface area contributed by atoms with Crippen LogP contribution in [0.5, 0.6) is 0 Å². The number of unbranched alkanes of at least 4 members (excludes halogenated alkanes) is 1. The van der Waals surface area contributed by atoms with Crippen LogP contribution in [0.2, 0.25) is 10.2 Å². The first kappa shape index (κ1) is 25.2. The standard InChI is InChI=1S/C25H28Cl2N2O4/c1-16(11-24(31)32)10-22(30)25-19-13-23(27)28-14-21(19)29(2)20(25)8-3-4-9-33-15-17-6-5-7-18(26)12-17/h5-7,12-14,16H,3-4,8-11,15H2,1-2H3,(H,31,32)/t16-/m0/s1. The lowest BCUT2D eigenvalue weighted by molar-refractivity contribution is -0.137. The van der Waals surface area contributed by atoms with Gasteiger partial charge >= 0.3 is 5.97 Å². The predicted molar refractivity (Wildman–Crippen MR) is 130 cm³/mol. The molecule has 1 aromatic carbocycles. The number of benzene rings is 1. The first-order valence-electron chi connectivity index (χ1n) is 11.0. The van der Waals surface area contributed by atoms with Crippen molar-refractivity contribution in [2.75, 3.05) is 6.61 Å². The number of Topliss-reactive ketones (excluding diaryl/α,β-unsaturated/α-hetero) is 1. The van der Waals surface area contributed by atoms with Gasteiger partial charge in [-0.25, -0.2) is 4.98 Å². The zero-order valence-corrected chi connectivity index (χ0v) is 20.3. The van der Waals surface area contributed by atoms with Crippen molar-refractivity contribution >= 4 is 45.9 Å². The van der Waals surface area contributed by atoms with E-state index in [0.717, 1.165) is 35.0 Å². The molecular formula is C25H28Cl2N2O4. The number of carbonyl (C=O) groups excluding carboxylic acids is 1. The molecule has 0 aliphatic heterocycles. The highest BCUT2D eigenvalue weighted by Gasteiger charge is 2.23. The lowest BCUT2D eigenvalue weighted by Crippen LogP contribution is -2.12. The molecule has 0 amide bonds. The average Bonchev–Trinajstić information content (AvgIpc) is 3.01. The molecule has 0 radical (unpaired) electrons. The maximum Gasteiger partial charge on any atom is 0.303 e. The quantitative estimate of drug-likeness (QED) is 0.188. The number of nitrogens with zero attached hydrogens (tertiary/aromatic N) is 2. The lowest BCUT2D eigenvalue weighted by atomic mass is 9.94. The van der Waals surface area contributed by atoms with Crippen LogP contribution in [0.3, 0.4) is 0 Å². The fourth-order valence-corrected chi connectivity index (χ4v) is 4.44. The topological polar surface area (TPSA) is 81.4 Å². The number of fused-ring (bicyclic) bond motifs is 1. The van der Waals surface area contributed by atoms with Gasteiger partial charge in [-0.3, -0.25) is 9.59 Å². The maximum absolute atomic E-state index is 13.2. The molecule has 6 nitrogen and oxygen atoms in total.